The lowest BCUT2D eigenvalue weighted by Crippen LogP contribution is -2.24. The second-order valence-corrected chi connectivity index (χ2v) is 4.97. The van der Waals surface area contributed by atoms with E-state index in [1.54, 1.807) is 6.20 Å². The molecule has 2 aromatic heterocycles. The molecule has 3 aromatic rings. The summed E-state index contributed by atoms with van der Waals surface area (Å²) < 4.78 is 2.26. The molecule has 0 radical (unpaired) electrons. The first-order chi connectivity index (χ1) is 10.3. The van der Waals surface area contributed by atoms with Crippen LogP contribution in [0.15, 0.2) is 30.5 Å². The van der Waals surface area contributed by atoms with Crippen molar-refractivity contribution in [3.05, 3.63) is 42.0 Å². The number of fused-ring (bicyclic) bond motifs is 1. The summed E-state index contributed by atoms with van der Waals surface area (Å²) in [6.07, 6.45) is 2.56. The molecule has 3 rings (SSSR count). The lowest BCUT2D eigenvalue weighted by molar-refractivity contribution is 0.512. The zero-order valence-electron chi connectivity index (χ0n) is 12.4. The van der Waals surface area contributed by atoms with Crippen LogP contribution in [-0.2, 0) is 13.0 Å². The molecular weight excluding hydrogens is 264 g/mol. The first kappa shape index (κ1) is 13.8. The lowest BCUT2D eigenvalue weighted by atomic mass is 10.1. The monoisotopic (exact) mass is 284 g/mol. The van der Waals surface area contributed by atoms with E-state index in [1.807, 2.05) is 6.07 Å². The molecule has 0 aliphatic heterocycles. The number of nitrogens with one attached hydrogen (secondary N) is 2. The Hall–Kier alpha value is -2.21. The highest BCUT2D eigenvalue weighted by atomic mass is 15.3. The quantitative estimate of drug-likeness (QED) is 0.727. The molecule has 0 spiro atoms. The summed E-state index contributed by atoms with van der Waals surface area (Å²) in [5.41, 5.74) is 3.15. The summed E-state index contributed by atoms with van der Waals surface area (Å²) in [6.45, 7) is 6.03. The molecule has 0 saturated carbocycles. The van der Waals surface area contributed by atoms with Crippen molar-refractivity contribution in [3.8, 4) is 0 Å². The number of hydrogen-bond acceptors (Lipinski definition) is 4. The van der Waals surface area contributed by atoms with E-state index in [0.29, 0.717) is 0 Å². The smallest absolute Gasteiger partial charge is 0.111 e. The minimum absolute atomic E-state index is 0.121. The molecule has 2 N–H and O–H groups in total. The second kappa shape index (κ2) is 6.05. The Morgan fingerprint density at radius 2 is 2.14 bits per heavy atom. The van der Waals surface area contributed by atoms with Gasteiger partial charge in [-0.25, -0.2) is 4.98 Å². The van der Waals surface area contributed by atoms with Crippen LogP contribution in [0.2, 0.25) is 0 Å². The van der Waals surface area contributed by atoms with Crippen LogP contribution < -0.4 is 5.32 Å². The van der Waals surface area contributed by atoms with Crippen molar-refractivity contribution in [2.24, 2.45) is 0 Å². The summed E-state index contributed by atoms with van der Waals surface area (Å²) in [4.78, 5) is 4.78. The molecule has 1 aromatic carbocycles. The molecule has 0 bridgehead atoms. The summed E-state index contributed by atoms with van der Waals surface area (Å²) in [5.74, 6) is 1.08. The number of rotatable bonds is 6. The molecule has 0 aliphatic rings. The van der Waals surface area contributed by atoms with Gasteiger partial charge in [-0.3, -0.25) is 0 Å². The number of likely N-dealkylation sites (N-methyl/N-ethyl adjacent to an activating group) is 1. The minimum atomic E-state index is 0.121. The topological polar surface area (TPSA) is 71.4 Å². The van der Waals surface area contributed by atoms with Gasteiger partial charge in [-0.05, 0) is 25.6 Å². The number of H-pyrrole nitrogens is 1. The van der Waals surface area contributed by atoms with Crippen LogP contribution in [0.1, 0.15) is 31.4 Å². The molecule has 0 amide bonds. The number of nitrogens with zero attached hydrogens (tertiary/aromatic N) is 4. The van der Waals surface area contributed by atoms with Crippen molar-refractivity contribution in [1.29, 1.82) is 0 Å². The van der Waals surface area contributed by atoms with Gasteiger partial charge >= 0.3 is 0 Å². The normalized spacial score (nSPS) is 12.9. The average molecular weight is 284 g/mol. The third-order valence-electron chi connectivity index (χ3n) is 3.68. The predicted octanol–water partition coefficient (Wildman–Crippen LogP) is 2.07. The van der Waals surface area contributed by atoms with E-state index in [4.69, 9.17) is 4.98 Å². The zero-order valence-corrected chi connectivity index (χ0v) is 12.4. The van der Waals surface area contributed by atoms with Gasteiger partial charge in [0, 0.05) is 13.0 Å². The van der Waals surface area contributed by atoms with E-state index in [9.17, 15) is 0 Å². The first-order valence-electron chi connectivity index (χ1n) is 7.36. The highest BCUT2D eigenvalue weighted by Gasteiger charge is 2.18. The molecule has 6 heteroatoms. The van der Waals surface area contributed by atoms with Crippen LogP contribution >= 0.6 is 0 Å². The van der Waals surface area contributed by atoms with Gasteiger partial charge in [-0.1, -0.05) is 19.1 Å². The standard InChI is InChI=1S/C15H20N6/c1-3-16-12(13-10-17-20-19-13)9-15-18-11-7-5-6-8-14(11)21(15)4-2/h5-8,10,12,16H,3-4,9H2,1-2H3,(H,17,19,20). The van der Waals surface area contributed by atoms with E-state index in [-0.39, 0.29) is 6.04 Å². The van der Waals surface area contributed by atoms with Crippen LogP contribution in [0.5, 0.6) is 0 Å². The highest BCUT2D eigenvalue weighted by molar-refractivity contribution is 5.75. The molecule has 6 nitrogen and oxygen atoms in total. The predicted molar refractivity (Wildman–Crippen MR) is 81.9 cm³/mol. The number of aromatic nitrogens is 5. The van der Waals surface area contributed by atoms with Crippen LogP contribution in [0, 0.1) is 0 Å². The number of imidazole rings is 1. The third kappa shape index (κ3) is 2.67. The molecule has 1 unspecified atom stereocenters. The van der Waals surface area contributed by atoms with Crippen molar-refractivity contribution < 1.29 is 0 Å². The van der Waals surface area contributed by atoms with E-state index in [2.05, 4.69) is 57.3 Å². The Morgan fingerprint density at radius 1 is 1.29 bits per heavy atom. The van der Waals surface area contributed by atoms with Crippen LogP contribution in [-0.4, -0.2) is 31.5 Å². The fourth-order valence-corrected chi connectivity index (χ4v) is 2.72. The molecule has 0 aliphatic carbocycles. The van der Waals surface area contributed by atoms with E-state index in [1.165, 1.54) is 5.52 Å². The maximum atomic E-state index is 4.78. The van der Waals surface area contributed by atoms with Gasteiger partial charge in [0.15, 0.2) is 0 Å². The molecule has 0 saturated heterocycles. The molecule has 0 fully saturated rings. The van der Waals surface area contributed by atoms with Gasteiger partial charge in [0.2, 0.25) is 0 Å². The minimum Gasteiger partial charge on any atom is -0.328 e. The van der Waals surface area contributed by atoms with Crippen LogP contribution in [0.25, 0.3) is 11.0 Å². The summed E-state index contributed by atoms with van der Waals surface area (Å²) in [6, 6.07) is 8.38. The SMILES string of the molecule is CCNC(Cc1nc2ccccc2n1CC)c1cn[nH]n1. The zero-order chi connectivity index (χ0) is 14.7. The van der Waals surface area contributed by atoms with Crippen molar-refractivity contribution >= 4 is 11.0 Å². The number of aryl methyl sites for hydroxylation is 1. The van der Waals surface area contributed by atoms with Crippen LogP contribution in [0.3, 0.4) is 0 Å². The fraction of sp³-hybridized carbons (Fsp3) is 0.400. The Balaban J connectivity index is 1.95. The fourth-order valence-electron chi connectivity index (χ4n) is 2.72. The second-order valence-electron chi connectivity index (χ2n) is 4.97. The van der Waals surface area contributed by atoms with Crippen molar-refractivity contribution in [3.63, 3.8) is 0 Å². The van der Waals surface area contributed by atoms with Gasteiger partial charge in [0.05, 0.1) is 29.0 Å². The molecular formula is C15H20N6. The first-order valence-corrected chi connectivity index (χ1v) is 7.36. The van der Waals surface area contributed by atoms with Gasteiger partial charge in [-0.2, -0.15) is 15.4 Å². The lowest BCUT2D eigenvalue weighted by Gasteiger charge is -2.15. The third-order valence-corrected chi connectivity index (χ3v) is 3.68. The number of hydrogen-bond donors (Lipinski definition) is 2. The highest BCUT2D eigenvalue weighted by Crippen LogP contribution is 2.20. The summed E-state index contributed by atoms with van der Waals surface area (Å²) in [5, 5.41) is 14.2. The number of para-hydroxylation sites is 2. The maximum absolute atomic E-state index is 4.78. The Morgan fingerprint density at radius 3 is 2.86 bits per heavy atom. The van der Waals surface area contributed by atoms with Crippen molar-refractivity contribution in [2.75, 3.05) is 6.54 Å². The Labute approximate surface area is 123 Å². The Bertz CT molecular complexity index is 700. The molecule has 2 heterocycles. The number of aromatic amines is 1. The summed E-state index contributed by atoms with van der Waals surface area (Å²) >= 11 is 0. The van der Waals surface area contributed by atoms with Crippen molar-refractivity contribution in [2.45, 2.75) is 32.9 Å². The Kier molecular flexibility index (Phi) is 3.96. The van der Waals surface area contributed by atoms with E-state index < -0.39 is 0 Å². The van der Waals surface area contributed by atoms with Gasteiger partial charge in [-0.15, -0.1) is 0 Å². The van der Waals surface area contributed by atoms with Gasteiger partial charge in [0.25, 0.3) is 0 Å². The van der Waals surface area contributed by atoms with Crippen molar-refractivity contribution in [1.82, 2.24) is 30.3 Å². The van der Waals surface area contributed by atoms with Gasteiger partial charge in [0.1, 0.15) is 5.82 Å². The maximum Gasteiger partial charge on any atom is 0.111 e. The largest absolute Gasteiger partial charge is 0.328 e. The molecule has 110 valence electrons. The average Bonchev–Trinajstić information content (AvgIpc) is 3.14. The van der Waals surface area contributed by atoms with E-state index >= 15 is 0 Å². The van der Waals surface area contributed by atoms with Crippen LogP contribution in [0.4, 0.5) is 0 Å². The van der Waals surface area contributed by atoms with Gasteiger partial charge < -0.3 is 9.88 Å². The summed E-state index contributed by atoms with van der Waals surface area (Å²) in [7, 11) is 0. The van der Waals surface area contributed by atoms with E-state index in [0.717, 1.165) is 36.5 Å². The molecule has 21 heavy (non-hydrogen) atoms. The molecule has 1 atom stereocenters. The number of benzene rings is 1.